The van der Waals surface area contributed by atoms with Crippen LogP contribution in [0.3, 0.4) is 0 Å². The molecule has 138 valence electrons. The Bertz CT molecular complexity index is 867. The van der Waals surface area contributed by atoms with E-state index < -0.39 is 5.91 Å². The lowest BCUT2D eigenvalue weighted by molar-refractivity contribution is 0.1000. The van der Waals surface area contributed by atoms with Gasteiger partial charge in [0.25, 0.3) is 11.8 Å². The maximum Gasteiger partial charge on any atom is 0.256 e. The Morgan fingerprint density at radius 1 is 1.31 bits per heavy atom. The normalized spacial score (nSPS) is 16.8. The second-order valence-corrected chi connectivity index (χ2v) is 10.2. The number of nitrogens with one attached hydrogen (secondary N) is 1. The number of carbonyl (C=O) groups is 2. The maximum absolute atomic E-state index is 12.6. The topological polar surface area (TPSA) is 72.2 Å². The number of benzene rings is 1. The summed E-state index contributed by atoms with van der Waals surface area (Å²) in [4.78, 5) is 25.9. The minimum atomic E-state index is -0.463. The van der Waals surface area contributed by atoms with Crippen LogP contribution in [0, 0.1) is 14.9 Å². The predicted octanol–water partition coefficient (Wildman–Crippen LogP) is 4.85. The molecule has 26 heavy (non-hydrogen) atoms. The van der Waals surface area contributed by atoms with E-state index in [-0.39, 0.29) is 11.3 Å². The van der Waals surface area contributed by atoms with E-state index in [0.717, 1.165) is 28.4 Å². The number of halogens is 1. The number of rotatable bonds is 3. The Morgan fingerprint density at radius 2 is 2.04 bits per heavy atom. The summed E-state index contributed by atoms with van der Waals surface area (Å²) >= 11 is 3.68. The number of fused-ring (bicyclic) bond motifs is 1. The van der Waals surface area contributed by atoms with Crippen LogP contribution in [-0.4, -0.2) is 11.8 Å². The van der Waals surface area contributed by atoms with Crippen LogP contribution < -0.4 is 11.1 Å². The van der Waals surface area contributed by atoms with Crippen LogP contribution in [0.4, 0.5) is 5.00 Å². The van der Waals surface area contributed by atoms with Crippen LogP contribution in [0.2, 0.25) is 0 Å². The molecule has 0 bridgehead atoms. The molecule has 1 aliphatic rings. The summed E-state index contributed by atoms with van der Waals surface area (Å²) in [7, 11) is 0. The van der Waals surface area contributed by atoms with Crippen molar-refractivity contribution in [3.05, 3.63) is 49.4 Å². The van der Waals surface area contributed by atoms with Crippen LogP contribution >= 0.6 is 33.9 Å². The van der Waals surface area contributed by atoms with Crippen molar-refractivity contribution in [3.63, 3.8) is 0 Å². The number of primary amides is 1. The molecule has 0 spiro atoms. The van der Waals surface area contributed by atoms with Gasteiger partial charge < -0.3 is 11.1 Å². The Hall–Kier alpha value is -1.41. The Kier molecular flexibility index (Phi) is 5.44. The van der Waals surface area contributed by atoms with Gasteiger partial charge in [0.1, 0.15) is 5.00 Å². The molecule has 3 rings (SSSR count). The Labute approximate surface area is 171 Å². The molecule has 2 amide bonds. The highest BCUT2D eigenvalue weighted by atomic mass is 127. The molecule has 1 aromatic carbocycles. The second kappa shape index (κ2) is 7.31. The van der Waals surface area contributed by atoms with E-state index >= 15 is 0 Å². The summed E-state index contributed by atoms with van der Waals surface area (Å²) in [5.41, 5.74) is 7.98. The lowest BCUT2D eigenvalue weighted by atomic mass is 9.72. The molecule has 3 N–H and O–H groups in total. The first-order valence-corrected chi connectivity index (χ1v) is 10.6. The van der Waals surface area contributed by atoms with Gasteiger partial charge in [0.05, 0.1) is 5.56 Å². The summed E-state index contributed by atoms with van der Waals surface area (Å²) in [6.07, 6.45) is 2.81. The number of nitrogens with two attached hydrogens (primary N) is 1. The molecule has 2 aromatic rings. The van der Waals surface area contributed by atoms with Crippen molar-refractivity contribution in [1.29, 1.82) is 0 Å². The number of hydrogen-bond acceptors (Lipinski definition) is 3. The zero-order valence-corrected chi connectivity index (χ0v) is 18.2. The third-order valence-electron chi connectivity index (χ3n) is 5.05. The van der Waals surface area contributed by atoms with E-state index in [9.17, 15) is 9.59 Å². The van der Waals surface area contributed by atoms with Gasteiger partial charge in [0, 0.05) is 14.0 Å². The highest BCUT2D eigenvalue weighted by molar-refractivity contribution is 14.1. The number of carbonyl (C=O) groups excluding carboxylic acids is 2. The first kappa shape index (κ1) is 19.4. The zero-order chi connectivity index (χ0) is 19.1. The number of amides is 2. The smallest absolute Gasteiger partial charge is 0.256 e. The SMILES string of the molecule is CC(C)(C)C1CCc2c(sc(NC(=O)c3cccc(I)c3)c2C(N)=O)C1. The van der Waals surface area contributed by atoms with E-state index in [1.54, 1.807) is 6.07 Å². The summed E-state index contributed by atoms with van der Waals surface area (Å²) in [5, 5.41) is 3.51. The standard InChI is InChI=1S/C20H23IN2O2S/c1-20(2,3)12-7-8-14-15(10-12)26-19(16(14)17(22)24)23-18(25)11-5-4-6-13(21)9-11/h4-6,9,12H,7-8,10H2,1-3H3,(H2,22,24)(H,23,25). The Balaban J connectivity index is 1.92. The van der Waals surface area contributed by atoms with Gasteiger partial charge >= 0.3 is 0 Å². The lowest BCUT2D eigenvalue weighted by Crippen LogP contribution is -2.27. The van der Waals surface area contributed by atoms with Crippen LogP contribution in [0.15, 0.2) is 24.3 Å². The van der Waals surface area contributed by atoms with Crippen molar-refractivity contribution < 1.29 is 9.59 Å². The van der Waals surface area contributed by atoms with Crippen molar-refractivity contribution in [2.75, 3.05) is 5.32 Å². The monoisotopic (exact) mass is 482 g/mol. The number of anilines is 1. The van der Waals surface area contributed by atoms with Gasteiger partial charge in [0.2, 0.25) is 0 Å². The molecule has 1 aliphatic carbocycles. The molecule has 0 saturated carbocycles. The van der Waals surface area contributed by atoms with Gasteiger partial charge in [-0.2, -0.15) is 0 Å². The van der Waals surface area contributed by atoms with Crippen molar-refractivity contribution >= 4 is 50.7 Å². The fraction of sp³-hybridized carbons (Fsp3) is 0.400. The molecule has 1 aromatic heterocycles. The summed E-state index contributed by atoms with van der Waals surface area (Å²) in [6.45, 7) is 6.76. The zero-order valence-electron chi connectivity index (χ0n) is 15.2. The van der Waals surface area contributed by atoms with E-state index in [2.05, 4.69) is 48.7 Å². The largest absolute Gasteiger partial charge is 0.365 e. The van der Waals surface area contributed by atoms with Gasteiger partial charge in [-0.05, 0) is 76.9 Å². The van der Waals surface area contributed by atoms with Gasteiger partial charge in [-0.15, -0.1) is 11.3 Å². The van der Waals surface area contributed by atoms with E-state index in [0.29, 0.717) is 22.0 Å². The van der Waals surface area contributed by atoms with Crippen molar-refractivity contribution in [3.8, 4) is 0 Å². The van der Waals surface area contributed by atoms with Crippen molar-refractivity contribution in [2.24, 2.45) is 17.1 Å². The fourth-order valence-electron chi connectivity index (χ4n) is 3.48. The summed E-state index contributed by atoms with van der Waals surface area (Å²) in [5.74, 6) is -0.111. The summed E-state index contributed by atoms with van der Waals surface area (Å²) in [6, 6.07) is 7.37. The Morgan fingerprint density at radius 3 is 2.65 bits per heavy atom. The van der Waals surface area contributed by atoms with Crippen LogP contribution in [-0.2, 0) is 12.8 Å². The quantitative estimate of drug-likeness (QED) is 0.614. The molecular formula is C20H23IN2O2S. The van der Waals surface area contributed by atoms with Gasteiger partial charge in [-0.25, -0.2) is 0 Å². The van der Waals surface area contributed by atoms with Crippen LogP contribution in [0.5, 0.6) is 0 Å². The molecule has 1 heterocycles. The number of hydrogen-bond donors (Lipinski definition) is 2. The molecule has 0 radical (unpaired) electrons. The first-order chi connectivity index (χ1) is 12.2. The molecule has 6 heteroatoms. The maximum atomic E-state index is 12.6. The van der Waals surface area contributed by atoms with E-state index in [1.165, 1.54) is 16.2 Å². The molecule has 4 nitrogen and oxygen atoms in total. The second-order valence-electron chi connectivity index (χ2n) is 7.84. The van der Waals surface area contributed by atoms with Gasteiger partial charge in [-0.3, -0.25) is 9.59 Å². The average Bonchev–Trinajstić information content (AvgIpc) is 2.91. The third-order valence-corrected chi connectivity index (χ3v) is 6.89. The molecular weight excluding hydrogens is 459 g/mol. The van der Waals surface area contributed by atoms with Gasteiger partial charge in [0.15, 0.2) is 0 Å². The highest BCUT2D eigenvalue weighted by Gasteiger charge is 2.33. The van der Waals surface area contributed by atoms with E-state index in [4.69, 9.17) is 5.73 Å². The van der Waals surface area contributed by atoms with E-state index in [1.807, 2.05) is 18.2 Å². The van der Waals surface area contributed by atoms with Crippen LogP contribution in [0.25, 0.3) is 0 Å². The molecule has 0 aliphatic heterocycles. The summed E-state index contributed by atoms with van der Waals surface area (Å²) < 4.78 is 0.990. The van der Waals surface area contributed by atoms with Crippen molar-refractivity contribution in [2.45, 2.75) is 40.0 Å². The van der Waals surface area contributed by atoms with Gasteiger partial charge in [-0.1, -0.05) is 26.8 Å². The average molecular weight is 482 g/mol. The highest BCUT2D eigenvalue weighted by Crippen LogP contribution is 2.44. The third kappa shape index (κ3) is 3.96. The number of thiophene rings is 1. The van der Waals surface area contributed by atoms with Crippen molar-refractivity contribution in [1.82, 2.24) is 0 Å². The minimum absolute atomic E-state index is 0.211. The fourth-order valence-corrected chi connectivity index (χ4v) is 5.35. The van der Waals surface area contributed by atoms with Crippen LogP contribution in [0.1, 0.15) is 58.3 Å². The molecule has 0 fully saturated rings. The predicted molar refractivity (Wildman–Crippen MR) is 115 cm³/mol. The first-order valence-electron chi connectivity index (χ1n) is 8.68. The lowest BCUT2D eigenvalue weighted by Gasteiger charge is -2.33. The molecule has 1 unspecified atom stereocenters. The molecule has 0 saturated heterocycles. The molecule has 1 atom stereocenters. The minimum Gasteiger partial charge on any atom is -0.365 e.